The number of hydrogen-bond donors (Lipinski definition) is 4. The van der Waals surface area contributed by atoms with Crippen LogP contribution in [-0.4, -0.2) is 161 Å². The molecule has 2 saturated carbocycles. The Morgan fingerprint density at radius 2 is 0.752 bits per heavy atom. The molecule has 744 valence electrons. The van der Waals surface area contributed by atoms with Crippen molar-refractivity contribution < 1.29 is 93.7 Å². The SMILES string of the molecule is CC(C)[C@@H]1/C=C/COc2c(ccc(F)c2F)[C@@H](c2ccccc2)N2CN1C(=O)c1c(O)c(=O)ccn12.CC[C@@H]1/C=C\COc2cc(F)c(F)c3c2[C@@H](c2ccccc2SC3)N2CN1C(=O)c1c(O)c(=O)ccn12.O=C1c2c(O)c(=O)ccn2N2CN1C[C@H]1C[C@@H]1COc1cc(F)c(F)c3c1[C@@H]2c1ccccc1SC3.O=C1c2c(O)c(=O)ccn2N2CN1C[C@H]1C[C@@H]1COc1cc(F)c(F)c3c1[C@H]2c1ccccc1SC3. The van der Waals surface area contributed by atoms with Gasteiger partial charge in [-0.15, -0.1) is 35.3 Å². The van der Waals surface area contributed by atoms with Crippen molar-refractivity contribution >= 4 is 58.9 Å². The Balaban J connectivity index is 0.000000110. The first-order chi connectivity index (χ1) is 70.0. The number of aromatic nitrogens is 4. The molecule has 10 atom stereocenters. The first kappa shape index (κ1) is 94.9. The standard InChI is InChI=1S/C27H23F2N3O4S.C27H25F2N3O4.2C26H21F2N3O4S/c1-2-15-6-5-11-36-20-12-18(28)23(29)17-13-37-21-8-4-3-7-16(21)24(22(17)20)32-14-30(15)27(35)25-26(34)19(33)9-10-31(25)32;1-16(2)20-9-6-14-36-26-18(10-11-19(28)22(26)29)23(17-7-4-3-5-8-17)32-15-30(20)27(35)24-25(34)21(33)12-13-31(24)32;2*27-17-8-19-21-16(22(17)28)11-36-20-4-2-1-3-15(20)23(21)31-12-29(9-13-7-14(13)10-35-19)26(34)24-25(33)18(32)5-6-30(24)31/h3-10,12,15,24,34H,2,11,13-14H2,1H3;3-13,16,20,23,34H,14-15H2,1-2H3;2*1-6,8,13-14,23,33H,7,9-12H2/b6-5-;9-6+;;/t15-,24-;20-,23+;13-,14-,23+;13-,14-,23-/m1011/s1. The summed E-state index contributed by atoms with van der Waals surface area (Å²) in [5.41, 5.74) is 2.21. The van der Waals surface area contributed by atoms with Crippen LogP contribution in [0.25, 0.3) is 0 Å². The lowest BCUT2D eigenvalue weighted by atomic mass is 9.92. The number of thioether (sulfide) groups is 3. The maximum atomic E-state index is 15.4. The van der Waals surface area contributed by atoms with Crippen LogP contribution in [0.1, 0.15) is 167 Å². The summed E-state index contributed by atoms with van der Waals surface area (Å²) < 4.78 is 150. The van der Waals surface area contributed by atoms with Crippen molar-refractivity contribution in [3.63, 3.8) is 0 Å². The molecule has 4 amide bonds. The van der Waals surface area contributed by atoms with Gasteiger partial charge in [0.05, 0.1) is 25.3 Å². The highest BCUT2D eigenvalue weighted by molar-refractivity contribution is 7.99. The van der Waals surface area contributed by atoms with E-state index in [9.17, 15) is 76.3 Å². The van der Waals surface area contributed by atoms with Crippen LogP contribution in [0.5, 0.6) is 46.0 Å². The Bertz CT molecular complexity index is 7500. The van der Waals surface area contributed by atoms with Crippen molar-refractivity contribution in [2.75, 3.05) is 86.2 Å². The highest BCUT2D eigenvalue weighted by Gasteiger charge is 2.52. The Kier molecular flexibility index (Phi) is 24.6. The lowest BCUT2D eigenvalue weighted by molar-refractivity contribution is 0.0586. The van der Waals surface area contributed by atoms with Gasteiger partial charge in [-0.1, -0.05) is 118 Å². The van der Waals surface area contributed by atoms with Crippen LogP contribution >= 0.6 is 35.3 Å². The van der Waals surface area contributed by atoms with E-state index in [4.69, 9.17) is 18.9 Å². The fraction of sp³-hybridized carbons (Fsp3) is 0.283. The fourth-order valence-electron chi connectivity index (χ4n) is 21.4. The summed E-state index contributed by atoms with van der Waals surface area (Å²) in [6, 6.07) is 38.8. The number of pyridine rings is 4. The lowest BCUT2D eigenvalue weighted by Gasteiger charge is -2.46. The number of nitrogens with zero attached hydrogens (tertiary/aromatic N) is 12. The zero-order valence-corrected chi connectivity index (χ0v) is 80.0. The van der Waals surface area contributed by atoms with Crippen LogP contribution in [0.3, 0.4) is 0 Å². The largest absolute Gasteiger partial charge is 0.502 e. The zero-order valence-electron chi connectivity index (χ0n) is 77.6. The minimum Gasteiger partial charge on any atom is -0.502 e. The number of amides is 4. The lowest BCUT2D eigenvalue weighted by Crippen LogP contribution is -2.58. The summed E-state index contributed by atoms with van der Waals surface area (Å²) >= 11 is 4.21. The summed E-state index contributed by atoms with van der Waals surface area (Å²) in [6.45, 7) is 7.77. The molecule has 2 aliphatic carbocycles. The van der Waals surface area contributed by atoms with Gasteiger partial charge in [0.1, 0.15) is 81.3 Å². The summed E-state index contributed by atoms with van der Waals surface area (Å²) in [6.07, 6.45) is 15.0. The number of hydrogen-bond acceptors (Lipinski definition) is 23. The quantitative estimate of drug-likeness (QED) is 0.0943. The van der Waals surface area contributed by atoms with E-state index in [0.717, 1.165) is 74.6 Å². The van der Waals surface area contributed by atoms with Crippen molar-refractivity contribution in [3.05, 3.63) is 378 Å². The molecule has 28 nitrogen and oxygen atoms in total. The molecular formula is C106H90F8N12O16S3. The van der Waals surface area contributed by atoms with E-state index in [1.807, 2.05) is 140 Å². The maximum absolute atomic E-state index is 15.4. The number of ether oxygens (including phenoxy) is 4. The van der Waals surface area contributed by atoms with Crippen LogP contribution in [0.4, 0.5) is 35.1 Å². The molecule has 4 N–H and O–H groups in total. The van der Waals surface area contributed by atoms with Crippen LogP contribution in [0, 0.1) is 76.1 Å². The second-order valence-corrected chi connectivity index (χ2v) is 40.7. The van der Waals surface area contributed by atoms with Gasteiger partial charge in [0, 0.05) is 151 Å². The van der Waals surface area contributed by atoms with E-state index in [1.54, 1.807) is 47.8 Å². The van der Waals surface area contributed by atoms with E-state index >= 15 is 17.6 Å². The first-order valence-electron chi connectivity index (χ1n) is 47.2. The molecule has 8 aromatic carbocycles. The van der Waals surface area contributed by atoms with Crippen molar-refractivity contribution in [2.45, 2.75) is 108 Å². The molecule has 12 aromatic rings. The van der Waals surface area contributed by atoms with Gasteiger partial charge in [-0.2, -0.15) is 4.39 Å². The zero-order chi connectivity index (χ0) is 101. The van der Waals surface area contributed by atoms with E-state index in [1.165, 1.54) is 103 Å². The molecular weight excluding hydrogens is 1950 g/mol. The summed E-state index contributed by atoms with van der Waals surface area (Å²) in [5, 5.41) is 50.1. The third-order valence-corrected chi connectivity index (χ3v) is 32.2. The van der Waals surface area contributed by atoms with Crippen LogP contribution in [0.2, 0.25) is 0 Å². The average molecular weight is 2040 g/mol. The number of fused-ring (bicyclic) bond motifs is 28. The summed E-state index contributed by atoms with van der Waals surface area (Å²) in [5.74, 6) is -10.6. The molecule has 13 aliphatic rings. The Morgan fingerprint density at radius 1 is 0.379 bits per heavy atom. The van der Waals surface area contributed by atoms with Gasteiger partial charge in [-0.05, 0) is 114 Å². The predicted octanol–water partition coefficient (Wildman–Crippen LogP) is 15.5. The van der Waals surface area contributed by atoms with Gasteiger partial charge in [-0.3, -0.25) is 77.1 Å². The number of carbonyl (C=O) groups is 4. The van der Waals surface area contributed by atoms with Crippen molar-refractivity contribution in [1.82, 2.24) is 38.3 Å². The molecule has 0 saturated heterocycles. The molecule has 39 heteroatoms. The molecule has 0 spiro atoms. The molecule has 0 radical (unpaired) electrons. The van der Waals surface area contributed by atoms with Crippen LogP contribution < -0.4 is 60.7 Å². The third-order valence-electron chi connectivity index (χ3n) is 28.8. The number of rotatable bonds is 3. The molecule has 11 aliphatic heterocycles. The van der Waals surface area contributed by atoms with Gasteiger partial charge in [-0.25, -0.2) is 30.7 Å². The van der Waals surface area contributed by atoms with Gasteiger partial charge < -0.3 is 59.0 Å². The van der Waals surface area contributed by atoms with E-state index in [0.29, 0.717) is 60.5 Å². The minimum atomic E-state index is -1.12. The summed E-state index contributed by atoms with van der Waals surface area (Å²) in [4.78, 5) is 113. The normalized spacial score (nSPS) is 22.3. The number of carbonyl (C=O) groups excluding carboxylic acids is 4. The molecule has 8 bridgehead atoms. The molecule has 145 heavy (non-hydrogen) atoms. The Hall–Kier alpha value is -15.0. The molecule has 25 rings (SSSR count). The third kappa shape index (κ3) is 16.4. The second kappa shape index (κ2) is 37.6. The molecule has 15 heterocycles. The highest BCUT2D eigenvalue weighted by atomic mass is 32.2. The minimum absolute atomic E-state index is 0.0383. The number of benzene rings is 8. The van der Waals surface area contributed by atoms with Crippen LogP contribution in [-0.2, 0) is 17.3 Å². The second-order valence-electron chi connectivity index (χ2n) is 37.6. The van der Waals surface area contributed by atoms with E-state index < -0.39 is 145 Å². The van der Waals surface area contributed by atoms with Crippen LogP contribution in [0.15, 0.2) is 241 Å². The van der Waals surface area contributed by atoms with Gasteiger partial charge >= 0.3 is 0 Å². The monoisotopic (exact) mass is 2030 g/mol. The first-order valence-corrected chi connectivity index (χ1v) is 50.1. The molecule has 4 aromatic heterocycles. The number of aromatic hydroxyl groups is 4. The maximum Gasteiger partial charge on any atom is 0.278 e. The number of halogens is 8. The topological polar surface area (TPSA) is 300 Å². The molecule has 2 fully saturated rings. The average Bonchev–Trinajstić information content (AvgIpc) is 1.70. The van der Waals surface area contributed by atoms with Gasteiger partial charge in [0.2, 0.25) is 27.5 Å². The Morgan fingerprint density at radius 3 is 1.18 bits per heavy atom. The van der Waals surface area contributed by atoms with E-state index in [2.05, 4.69) is 0 Å². The Labute approximate surface area is 834 Å². The predicted molar refractivity (Wildman–Crippen MR) is 520 cm³/mol. The molecule has 0 unspecified atom stereocenters. The highest BCUT2D eigenvalue weighted by Crippen LogP contribution is 2.55. The van der Waals surface area contributed by atoms with Gasteiger partial charge in [0.25, 0.3) is 23.6 Å². The van der Waals surface area contributed by atoms with E-state index in [-0.39, 0.29) is 155 Å². The van der Waals surface area contributed by atoms with Crippen molar-refractivity contribution in [1.29, 1.82) is 0 Å². The fourth-order valence-corrected chi connectivity index (χ4v) is 24.7. The smallest absolute Gasteiger partial charge is 0.278 e. The summed E-state index contributed by atoms with van der Waals surface area (Å²) in [7, 11) is 0. The van der Waals surface area contributed by atoms with Crippen molar-refractivity contribution in [2.24, 2.45) is 29.6 Å². The van der Waals surface area contributed by atoms with Gasteiger partial charge in [0.15, 0.2) is 92.2 Å². The van der Waals surface area contributed by atoms with Crippen molar-refractivity contribution in [3.8, 4) is 46.0 Å².